The highest BCUT2D eigenvalue weighted by atomic mass is 35.5. The minimum absolute atomic E-state index is 0.0449. The number of hydrogen-bond donors (Lipinski definition) is 1. The molecule has 0 atom stereocenters. The molecule has 0 aliphatic rings. The Morgan fingerprint density at radius 3 is 2.00 bits per heavy atom. The SMILES string of the molecule is CCOc1cc(C(=O)Nc2ccc(Cl)c(C(F)(F)F)c2)cc(OCC)c1OCC. The fourth-order valence-electron chi connectivity index (χ4n) is 2.54. The van der Waals surface area contributed by atoms with Gasteiger partial charge in [0.15, 0.2) is 11.5 Å². The van der Waals surface area contributed by atoms with Crippen molar-refractivity contribution in [1.82, 2.24) is 0 Å². The Bertz CT molecular complexity index is 844. The molecule has 0 saturated carbocycles. The summed E-state index contributed by atoms with van der Waals surface area (Å²) in [4.78, 5) is 12.7. The van der Waals surface area contributed by atoms with Gasteiger partial charge in [-0.2, -0.15) is 13.2 Å². The average Bonchev–Trinajstić information content (AvgIpc) is 2.65. The van der Waals surface area contributed by atoms with Crippen molar-refractivity contribution in [2.45, 2.75) is 26.9 Å². The zero-order valence-corrected chi connectivity index (χ0v) is 16.9. The monoisotopic (exact) mass is 431 g/mol. The van der Waals surface area contributed by atoms with Gasteiger partial charge in [-0.05, 0) is 51.1 Å². The molecular formula is C20H21ClF3NO4. The molecule has 9 heteroatoms. The van der Waals surface area contributed by atoms with Crippen LogP contribution in [0.2, 0.25) is 5.02 Å². The van der Waals surface area contributed by atoms with Crippen LogP contribution in [0.5, 0.6) is 17.2 Å². The Kier molecular flexibility index (Phi) is 7.61. The molecule has 29 heavy (non-hydrogen) atoms. The summed E-state index contributed by atoms with van der Waals surface area (Å²) in [5.41, 5.74) is -0.936. The van der Waals surface area contributed by atoms with Gasteiger partial charge in [0.25, 0.3) is 5.91 Å². The van der Waals surface area contributed by atoms with Gasteiger partial charge in [-0.3, -0.25) is 4.79 Å². The number of carbonyl (C=O) groups excluding carboxylic acids is 1. The van der Waals surface area contributed by atoms with Crippen molar-refractivity contribution >= 4 is 23.2 Å². The van der Waals surface area contributed by atoms with E-state index in [-0.39, 0.29) is 11.3 Å². The van der Waals surface area contributed by atoms with Crippen molar-refractivity contribution in [3.63, 3.8) is 0 Å². The van der Waals surface area contributed by atoms with Crippen LogP contribution < -0.4 is 19.5 Å². The van der Waals surface area contributed by atoms with Crippen molar-refractivity contribution in [3.05, 3.63) is 46.5 Å². The van der Waals surface area contributed by atoms with Crippen LogP contribution in [0.25, 0.3) is 0 Å². The highest BCUT2D eigenvalue weighted by Gasteiger charge is 2.33. The first-order chi connectivity index (χ1) is 13.7. The van der Waals surface area contributed by atoms with E-state index in [0.717, 1.165) is 12.1 Å². The molecule has 0 aliphatic heterocycles. The first kappa shape index (κ1) is 22.7. The van der Waals surface area contributed by atoms with Gasteiger partial charge in [0.1, 0.15) is 0 Å². The lowest BCUT2D eigenvalue weighted by Gasteiger charge is -2.17. The maximum atomic E-state index is 13.0. The summed E-state index contributed by atoms with van der Waals surface area (Å²) >= 11 is 5.61. The third kappa shape index (κ3) is 5.69. The molecule has 1 amide bonds. The molecule has 1 N–H and O–H groups in total. The summed E-state index contributed by atoms with van der Waals surface area (Å²) in [5, 5.41) is 1.99. The van der Waals surface area contributed by atoms with Crippen LogP contribution in [0, 0.1) is 0 Å². The minimum Gasteiger partial charge on any atom is -0.490 e. The number of amides is 1. The number of halogens is 4. The molecule has 158 valence electrons. The van der Waals surface area contributed by atoms with Crippen LogP contribution in [-0.4, -0.2) is 25.7 Å². The van der Waals surface area contributed by atoms with Gasteiger partial charge in [-0.25, -0.2) is 0 Å². The zero-order chi connectivity index (χ0) is 21.6. The number of alkyl halides is 3. The number of nitrogens with one attached hydrogen (secondary N) is 1. The maximum Gasteiger partial charge on any atom is 0.417 e. The number of ether oxygens (including phenoxy) is 3. The molecule has 2 rings (SSSR count). The van der Waals surface area contributed by atoms with Crippen molar-refractivity contribution in [2.75, 3.05) is 25.1 Å². The van der Waals surface area contributed by atoms with E-state index in [0.29, 0.717) is 37.1 Å². The Balaban J connectivity index is 2.40. The molecule has 5 nitrogen and oxygen atoms in total. The normalized spacial score (nSPS) is 11.1. The fourth-order valence-corrected chi connectivity index (χ4v) is 2.77. The molecule has 0 spiro atoms. The van der Waals surface area contributed by atoms with E-state index < -0.39 is 22.7 Å². The van der Waals surface area contributed by atoms with Crippen molar-refractivity contribution in [2.24, 2.45) is 0 Å². The van der Waals surface area contributed by atoms with Crippen molar-refractivity contribution in [3.8, 4) is 17.2 Å². The average molecular weight is 432 g/mol. The van der Waals surface area contributed by atoms with Gasteiger partial charge in [0.2, 0.25) is 5.75 Å². The quantitative estimate of drug-likeness (QED) is 0.573. The largest absolute Gasteiger partial charge is 0.490 e. The second-order valence-electron chi connectivity index (χ2n) is 5.75. The minimum atomic E-state index is -4.64. The predicted octanol–water partition coefficient (Wildman–Crippen LogP) is 5.81. The second kappa shape index (κ2) is 9.73. The van der Waals surface area contributed by atoms with E-state index in [2.05, 4.69) is 5.32 Å². The Morgan fingerprint density at radius 2 is 1.52 bits per heavy atom. The summed E-state index contributed by atoms with van der Waals surface area (Å²) in [7, 11) is 0. The number of carbonyl (C=O) groups is 1. The summed E-state index contributed by atoms with van der Waals surface area (Å²) in [6.45, 7) is 6.34. The number of rotatable bonds is 8. The molecule has 0 radical (unpaired) electrons. The second-order valence-corrected chi connectivity index (χ2v) is 6.15. The Morgan fingerprint density at radius 1 is 0.966 bits per heavy atom. The molecule has 0 unspecified atom stereocenters. The first-order valence-electron chi connectivity index (χ1n) is 8.95. The molecule has 2 aromatic carbocycles. The molecule has 0 aromatic heterocycles. The topological polar surface area (TPSA) is 56.8 Å². The highest BCUT2D eigenvalue weighted by molar-refractivity contribution is 6.31. The lowest BCUT2D eigenvalue weighted by Crippen LogP contribution is -2.14. The Hall–Kier alpha value is -2.61. The third-order valence-corrected chi connectivity index (χ3v) is 4.03. The summed E-state index contributed by atoms with van der Waals surface area (Å²) in [5.74, 6) is 0.332. The first-order valence-corrected chi connectivity index (χ1v) is 9.33. The van der Waals surface area contributed by atoms with Crippen LogP contribution in [0.4, 0.5) is 18.9 Å². The number of hydrogen-bond acceptors (Lipinski definition) is 4. The fraction of sp³-hybridized carbons (Fsp3) is 0.350. The summed E-state index contributed by atoms with van der Waals surface area (Å²) < 4.78 is 55.8. The lowest BCUT2D eigenvalue weighted by atomic mass is 10.1. The zero-order valence-electron chi connectivity index (χ0n) is 16.2. The van der Waals surface area contributed by atoms with E-state index in [9.17, 15) is 18.0 Å². The van der Waals surface area contributed by atoms with Crippen LogP contribution in [-0.2, 0) is 6.18 Å². The summed E-state index contributed by atoms with van der Waals surface area (Å²) in [6, 6.07) is 6.05. The molecule has 0 fully saturated rings. The molecule has 0 heterocycles. The van der Waals surface area contributed by atoms with E-state index in [4.69, 9.17) is 25.8 Å². The van der Waals surface area contributed by atoms with Gasteiger partial charge >= 0.3 is 6.18 Å². The van der Waals surface area contributed by atoms with Crippen LogP contribution >= 0.6 is 11.6 Å². The predicted molar refractivity (Wildman–Crippen MR) is 104 cm³/mol. The van der Waals surface area contributed by atoms with E-state index in [1.54, 1.807) is 20.8 Å². The van der Waals surface area contributed by atoms with E-state index in [1.807, 2.05) is 0 Å². The van der Waals surface area contributed by atoms with Gasteiger partial charge in [0.05, 0.1) is 30.4 Å². The van der Waals surface area contributed by atoms with Gasteiger partial charge < -0.3 is 19.5 Å². The van der Waals surface area contributed by atoms with Crippen molar-refractivity contribution in [1.29, 1.82) is 0 Å². The van der Waals surface area contributed by atoms with Crippen LogP contribution in [0.15, 0.2) is 30.3 Å². The van der Waals surface area contributed by atoms with E-state index >= 15 is 0 Å². The number of benzene rings is 2. The van der Waals surface area contributed by atoms with Crippen LogP contribution in [0.1, 0.15) is 36.7 Å². The van der Waals surface area contributed by atoms with Gasteiger partial charge in [0, 0.05) is 11.3 Å². The van der Waals surface area contributed by atoms with Crippen LogP contribution in [0.3, 0.4) is 0 Å². The molecule has 0 saturated heterocycles. The third-order valence-electron chi connectivity index (χ3n) is 3.70. The molecule has 0 bridgehead atoms. The summed E-state index contributed by atoms with van der Waals surface area (Å²) in [6.07, 6.45) is -4.64. The van der Waals surface area contributed by atoms with Gasteiger partial charge in [-0.15, -0.1) is 0 Å². The number of anilines is 1. The van der Waals surface area contributed by atoms with E-state index in [1.165, 1.54) is 18.2 Å². The molecule has 0 aliphatic carbocycles. The maximum absolute atomic E-state index is 13.0. The smallest absolute Gasteiger partial charge is 0.417 e. The molecular weight excluding hydrogens is 411 g/mol. The lowest BCUT2D eigenvalue weighted by molar-refractivity contribution is -0.137. The van der Waals surface area contributed by atoms with Gasteiger partial charge in [-0.1, -0.05) is 11.6 Å². The molecule has 2 aromatic rings. The standard InChI is InChI=1S/C20H21ClF3NO4/c1-4-27-16-9-12(10-17(28-5-2)18(16)29-6-3)19(26)25-13-7-8-15(21)14(11-13)20(22,23)24/h7-11H,4-6H2,1-3H3,(H,25,26). The highest BCUT2D eigenvalue weighted by Crippen LogP contribution is 2.40. The van der Waals surface area contributed by atoms with Crippen molar-refractivity contribution < 1.29 is 32.2 Å². The Labute approximate surface area is 171 Å².